The van der Waals surface area contributed by atoms with Gasteiger partial charge in [0, 0.05) is 11.4 Å². The molecule has 1 aliphatic rings. The minimum Gasteiger partial charge on any atom is -0.130 e. The van der Waals surface area contributed by atoms with Crippen molar-refractivity contribution in [1.82, 2.24) is 0 Å². The van der Waals surface area contributed by atoms with Gasteiger partial charge in [-0.2, -0.15) is 0 Å². The first-order chi connectivity index (χ1) is 11.0. The Balaban J connectivity index is 0.000000231. The first-order valence-corrected chi connectivity index (χ1v) is 20.6. The fourth-order valence-corrected chi connectivity index (χ4v) is 11.5. The van der Waals surface area contributed by atoms with Crippen LogP contribution in [0.3, 0.4) is 0 Å². The molecule has 0 bridgehead atoms. The van der Waals surface area contributed by atoms with Crippen LogP contribution in [0.1, 0.15) is 37.7 Å². The summed E-state index contributed by atoms with van der Waals surface area (Å²) < 4.78 is -1.59. The molecule has 0 amide bonds. The van der Waals surface area contributed by atoms with Crippen molar-refractivity contribution in [3.8, 4) is 0 Å². The molecule has 23 heavy (non-hydrogen) atoms. The zero-order valence-electron chi connectivity index (χ0n) is 12.5. The third-order valence-electron chi connectivity index (χ3n) is 3.24. The van der Waals surface area contributed by atoms with Gasteiger partial charge >= 0.3 is 0 Å². The summed E-state index contributed by atoms with van der Waals surface area (Å²) in [7, 11) is 3.00. The molecule has 1 aromatic rings. The molecular formula is C13H22P2S8. The second-order valence-electron chi connectivity index (χ2n) is 5.08. The lowest BCUT2D eigenvalue weighted by Crippen LogP contribution is -2.05. The van der Waals surface area contributed by atoms with Gasteiger partial charge in [-0.1, -0.05) is 83.6 Å². The van der Waals surface area contributed by atoms with Gasteiger partial charge in [0.1, 0.15) is 0 Å². The highest BCUT2D eigenvalue weighted by molar-refractivity contribution is 9.13. The summed E-state index contributed by atoms with van der Waals surface area (Å²) in [5.74, 6) is 0. The van der Waals surface area contributed by atoms with Crippen molar-refractivity contribution in [2.24, 2.45) is 0 Å². The van der Waals surface area contributed by atoms with E-state index in [0.29, 0.717) is 0 Å². The number of thiol groups is 3. The van der Waals surface area contributed by atoms with E-state index in [1.54, 1.807) is 10.4 Å². The molecule has 2 atom stereocenters. The van der Waals surface area contributed by atoms with E-state index in [2.05, 4.69) is 47.7 Å². The molecule has 0 radical (unpaired) electrons. The third-order valence-corrected chi connectivity index (χ3v) is 22.6. The Hall–Kier alpha value is 2.62. The minimum atomic E-state index is -1.59. The van der Waals surface area contributed by atoms with Gasteiger partial charge in [0.25, 0.3) is 0 Å². The van der Waals surface area contributed by atoms with Crippen LogP contribution in [0.5, 0.6) is 0 Å². The number of rotatable bonds is 6. The zero-order valence-corrected chi connectivity index (χ0v) is 21.2. The fraction of sp³-hybridized carbons (Fsp3) is 0.538. The SMILES string of the molecule is S=P(S)(Cc1ccccc1)SS.S=[PH](SS)SC1CCCCC1. The highest BCUT2D eigenvalue weighted by Gasteiger charge is 2.14. The predicted octanol–water partition coefficient (Wildman–Crippen LogP) is 8.14. The van der Waals surface area contributed by atoms with Gasteiger partial charge in [-0.25, -0.2) is 0 Å². The van der Waals surface area contributed by atoms with E-state index in [9.17, 15) is 0 Å². The summed E-state index contributed by atoms with van der Waals surface area (Å²) in [4.78, 5) is 0. The van der Waals surface area contributed by atoms with Gasteiger partial charge in [-0.15, -0.1) is 47.0 Å². The molecule has 10 heteroatoms. The van der Waals surface area contributed by atoms with E-state index in [-0.39, 0.29) is 0 Å². The monoisotopic (exact) mass is 496 g/mol. The highest BCUT2D eigenvalue weighted by atomic mass is 33.5. The standard InChI is InChI=1S/C7H9PS4.C6H13PS4/c9-8(10,12-11)6-7-4-2-1-3-5-7;8-7(11-9)10-6-4-2-1-3-5-6/h1-5,11H,6H2,(H,9,10);6-7,9H,1-5H2. The Morgan fingerprint density at radius 3 is 2.26 bits per heavy atom. The van der Waals surface area contributed by atoms with Crippen LogP contribution >= 0.6 is 77.3 Å². The maximum atomic E-state index is 5.29. The van der Waals surface area contributed by atoms with Gasteiger partial charge < -0.3 is 0 Å². The summed E-state index contributed by atoms with van der Waals surface area (Å²) in [5, 5.41) is 0.223. The largest absolute Gasteiger partial charge is 0.130 e. The molecule has 1 fully saturated rings. The maximum Gasteiger partial charge on any atom is 0.0687 e. The van der Waals surface area contributed by atoms with E-state index >= 15 is 0 Å². The first kappa shape index (κ1) is 23.7. The lowest BCUT2D eigenvalue weighted by atomic mass is 10.0. The smallest absolute Gasteiger partial charge is 0.0687 e. The van der Waals surface area contributed by atoms with Crippen LogP contribution in [0.15, 0.2) is 30.3 Å². The van der Waals surface area contributed by atoms with Crippen molar-refractivity contribution in [3.05, 3.63) is 35.9 Å². The van der Waals surface area contributed by atoms with Gasteiger partial charge in [0.05, 0.1) is 9.54 Å². The van der Waals surface area contributed by atoms with E-state index in [1.165, 1.54) is 48.1 Å². The zero-order chi connectivity index (χ0) is 17.1. The van der Waals surface area contributed by atoms with Crippen LogP contribution in [0.25, 0.3) is 0 Å². The van der Waals surface area contributed by atoms with Crippen LogP contribution in [0.4, 0.5) is 0 Å². The summed E-state index contributed by atoms with van der Waals surface area (Å²) in [5.41, 5.74) is 1.25. The number of hydrogen-bond donors (Lipinski definition) is 3. The second-order valence-corrected chi connectivity index (χ2v) is 27.4. The molecule has 2 unspecified atom stereocenters. The van der Waals surface area contributed by atoms with Crippen LogP contribution in [-0.2, 0) is 29.8 Å². The number of benzene rings is 1. The van der Waals surface area contributed by atoms with Crippen LogP contribution in [-0.4, -0.2) is 5.25 Å². The predicted molar refractivity (Wildman–Crippen MR) is 137 cm³/mol. The van der Waals surface area contributed by atoms with Crippen molar-refractivity contribution in [3.63, 3.8) is 0 Å². The summed E-state index contributed by atoms with van der Waals surface area (Å²) >= 11 is 25.3. The Bertz CT molecular complexity index is 504. The topological polar surface area (TPSA) is 0 Å². The minimum absolute atomic E-state index is 0.647. The molecule has 1 saturated carbocycles. The molecule has 132 valence electrons. The maximum absolute atomic E-state index is 5.29. The Kier molecular flexibility index (Phi) is 14.1. The van der Waals surface area contributed by atoms with E-state index < -0.39 is 9.54 Å². The van der Waals surface area contributed by atoms with E-state index in [0.717, 1.165) is 11.4 Å². The van der Waals surface area contributed by atoms with E-state index in [1.807, 2.05) is 29.6 Å². The molecule has 0 saturated heterocycles. The van der Waals surface area contributed by atoms with Crippen molar-refractivity contribution < 1.29 is 0 Å². The molecule has 1 aliphatic carbocycles. The van der Waals surface area contributed by atoms with Crippen molar-refractivity contribution in [2.45, 2.75) is 43.5 Å². The normalized spacial score (nSPS) is 19.3. The van der Waals surface area contributed by atoms with Crippen LogP contribution in [0, 0.1) is 0 Å². The second kappa shape index (κ2) is 13.7. The lowest BCUT2D eigenvalue weighted by Gasteiger charge is -2.20. The first-order valence-electron chi connectivity index (χ1n) is 7.18. The van der Waals surface area contributed by atoms with Gasteiger partial charge in [0.15, 0.2) is 0 Å². The van der Waals surface area contributed by atoms with Crippen molar-refractivity contribution in [2.75, 3.05) is 0 Å². The molecule has 0 heterocycles. The lowest BCUT2D eigenvalue weighted by molar-refractivity contribution is 0.517. The van der Waals surface area contributed by atoms with Gasteiger partial charge in [-0.3, -0.25) is 0 Å². The highest BCUT2D eigenvalue weighted by Crippen LogP contribution is 2.67. The fourth-order valence-electron chi connectivity index (χ4n) is 2.18. The molecule has 1 aromatic carbocycles. The van der Waals surface area contributed by atoms with Gasteiger partial charge in [-0.05, 0) is 28.8 Å². The summed E-state index contributed by atoms with van der Waals surface area (Å²) in [6, 6.07) is 10.2. The molecule has 0 aliphatic heterocycles. The third kappa shape index (κ3) is 11.8. The van der Waals surface area contributed by atoms with Crippen molar-refractivity contribution >= 4 is 101 Å². The Morgan fingerprint density at radius 2 is 1.74 bits per heavy atom. The van der Waals surface area contributed by atoms with Crippen LogP contribution < -0.4 is 0 Å². The molecular weight excluding hydrogens is 475 g/mol. The average molecular weight is 497 g/mol. The number of hydrogen-bond acceptors (Lipinski definition) is 7. The average Bonchev–Trinajstić information content (AvgIpc) is 2.57. The van der Waals surface area contributed by atoms with E-state index in [4.69, 9.17) is 23.6 Å². The molecule has 2 rings (SSSR count). The quantitative estimate of drug-likeness (QED) is 0.206. The molecule has 0 spiro atoms. The Morgan fingerprint density at radius 1 is 1.13 bits per heavy atom. The summed E-state index contributed by atoms with van der Waals surface area (Å²) in [6.45, 7) is 0. The molecule has 0 nitrogen and oxygen atoms in total. The molecule has 0 aromatic heterocycles. The van der Waals surface area contributed by atoms with Crippen molar-refractivity contribution in [1.29, 1.82) is 0 Å². The molecule has 0 N–H and O–H groups in total. The van der Waals surface area contributed by atoms with Gasteiger partial charge in [0.2, 0.25) is 0 Å². The summed E-state index contributed by atoms with van der Waals surface area (Å²) in [6.07, 6.45) is 7.91. The Labute approximate surface area is 178 Å². The van der Waals surface area contributed by atoms with Crippen LogP contribution in [0.2, 0.25) is 0 Å².